The lowest BCUT2D eigenvalue weighted by molar-refractivity contribution is 0.186. The predicted molar refractivity (Wildman–Crippen MR) is 85.6 cm³/mol. The highest BCUT2D eigenvalue weighted by Gasteiger charge is 2.08. The summed E-state index contributed by atoms with van der Waals surface area (Å²) in [7, 11) is 1.64. The summed E-state index contributed by atoms with van der Waals surface area (Å²) >= 11 is 0. The standard InChI is InChI=1S/C14H18N8O2/c1-24-8-7-21-9-16-19-12(21)4-5-15-14(23)18-11-3-2-6-22-10-17-20-13(11)22/h2-3,6,9-10H,4-5,7-8H2,1H3,(H2,15,18,23). The van der Waals surface area contributed by atoms with Crippen LogP contribution in [-0.2, 0) is 17.7 Å². The summed E-state index contributed by atoms with van der Waals surface area (Å²) in [5, 5.41) is 21.3. The first-order valence-corrected chi connectivity index (χ1v) is 7.47. The summed E-state index contributed by atoms with van der Waals surface area (Å²) in [5.41, 5.74) is 1.18. The third-order valence-corrected chi connectivity index (χ3v) is 3.44. The van der Waals surface area contributed by atoms with Crippen LogP contribution < -0.4 is 10.6 Å². The van der Waals surface area contributed by atoms with Crippen LogP contribution in [0.5, 0.6) is 0 Å². The predicted octanol–water partition coefficient (Wildman–Crippen LogP) is 0.331. The minimum Gasteiger partial charge on any atom is -0.383 e. The fraction of sp³-hybridized carbons (Fsp3) is 0.357. The number of hydrogen-bond acceptors (Lipinski definition) is 6. The van der Waals surface area contributed by atoms with Crippen LogP contribution in [0.4, 0.5) is 10.5 Å². The van der Waals surface area contributed by atoms with Crippen molar-refractivity contribution in [3.63, 3.8) is 0 Å². The zero-order valence-corrected chi connectivity index (χ0v) is 13.2. The molecule has 0 saturated heterocycles. The van der Waals surface area contributed by atoms with Gasteiger partial charge in [-0.1, -0.05) is 0 Å². The molecule has 3 heterocycles. The van der Waals surface area contributed by atoms with E-state index in [9.17, 15) is 4.79 Å². The number of fused-ring (bicyclic) bond motifs is 1. The van der Waals surface area contributed by atoms with E-state index < -0.39 is 0 Å². The van der Waals surface area contributed by atoms with Gasteiger partial charge in [0.25, 0.3) is 0 Å². The molecule has 0 aliphatic rings. The third kappa shape index (κ3) is 3.66. The van der Waals surface area contributed by atoms with E-state index in [0.717, 1.165) is 5.82 Å². The van der Waals surface area contributed by atoms with Crippen molar-refractivity contribution in [2.75, 3.05) is 25.6 Å². The number of ether oxygens (including phenoxy) is 1. The Hall–Kier alpha value is -3.01. The highest BCUT2D eigenvalue weighted by Crippen LogP contribution is 2.12. The van der Waals surface area contributed by atoms with Crippen LogP contribution in [-0.4, -0.2) is 55.7 Å². The number of nitrogens with one attached hydrogen (secondary N) is 2. The topological polar surface area (TPSA) is 111 Å². The van der Waals surface area contributed by atoms with Crippen molar-refractivity contribution in [3.05, 3.63) is 36.8 Å². The number of methoxy groups -OCH3 is 1. The molecule has 0 aliphatic heterocycles. The lowest BCUT2D eigenvalue weighted by Crippen LogP contribution is -2.31. The van der Waals surface area contributed by atoms with Gasteiger partial charge in [0, 0.05) is 32.8 Å². The summed E-state index contributed by atoms with van der Waals surface area (Å²) in [5.74, 6) is 0.798. The molecule has 0 radical (unpaired) electrons. The number of urea groups is 1. The molecule has 10 nitrogen and oxygen atoms in total. The van der Waals surface area contributed by atoms with Crippen molar-refractivity contribution in [3.8, 4) is 0 Å². The highest BCUT2D eigenvalue weighted by atomic mass is 16.5. The van der Waals surface area contributed by atoms with Crippen LogP contribution in [0.1, 0.15) is 5.82 Å². The van der Waals surface area contributed by atoms with Crippen LogP contribution in [0.2, 0.25) is 0 Å². The van der Waals surface area contributed by atoms with Gasteiger partial charge in [0.1, 0.15) is 18.5 Å². The molecule has 126 valence electrons. The van der Waals surface area contributed by atoms with Crippen LogP contribution in [0.25, 0.3) is 5.65 Å². The van der Waals surface area contributed by atoms with Crippen molar-refractivity contribution in [1.82, 2.24) is 34.7 Å². The molecule has 24 heavy (non-hydrogen) atoms. The molecule has 3 rings (SSSR count). The summed E-state index contributed by atoms with van der Waals surface area (Å²) in [6.45, 7) is 1.70. The van der Waals surface area contributed by atoms with E-state index in [4.69, 9.17) is 4.74 Å². The second-order valence-electron chi connectivity index (χ2n) is 5.05. The first-order valence-electron chi connectivity index (χ1n) is 7.47. The number of carbonyl (C=O) groups excluding carboxylic acids is 1. The van der Waals surface area contributed by atoms with Gasteiger partial charge in [-0.3, -0.25) is 4.40 Å². The molecule has 3 aromatic rings. The largest absolute Gasteiger partial charge is 0.383 e. The number of amides is 2. The minimum atomic E-state index is -0.311. The maximum absolute atomic E-state index is 12.0. The average molecular weight is 330 g/mol. The van der Waals surface area contributed by atoms with Crippen LogP contribution in [0.15, 0.2) is 31.0 Å². The molecule has 0 aromatic carbocycles. The first-order chi connectivity index (χ1) is 11.8. The Kier molecular flexibility index (Phi) is 4.96. The van der Waals surface area contributed by atoms with Gasteiger partial charge in [0.15, 0.2) is 5.65 Å². The van der Waals surface area contributed by atoms with Crippen molar-refractivity contribution in [2.45, 2.75) is 13.0 Å². The Bertz CT molecular complexity index is 812. The molecule has 0 spiro atoms. The van der Waals surface area contributed by atoms with Crippen molar-refractivity contribution < 1.29 is 9.53 Å². The van der Waals surface area contributed by atoms with Crippen molar-refractivity contribution in [2.24, 2.45) is 0 Å². The van der Waals surface area contributed by atoms with E-state index in [1.54, 1.807) is 30.2 Å². The van der Waals surface area contributed by atoms with E-state index in [2.05, 4.69) is 31.0 Å². The van der Waals surface area contributed by atoms with E-state index in [0.29, 0.717) is 37.5 Å². The number of pyridine rings is 1. The Labute approximate surface area is 137 Å². The minimum absolute atomic E-state index is 0.311. The van der Waals surface area contributed by atoms with Gasteiger partial charge in [-0.25, -0.2) is 4.79 Å². The zero-order valence-electron chi connectivity index (χ0n) is 13.2. The lowest BCUT2D eigenvalue weighted by Gasteiger charge is -2.09. The van der Waals surface area contributed by atoms with Crippen molar-refractivity contribution in [1.29, 1.82) is 0 Å². The number of rotatable bonds is 7. The molecule has 2 amide bonds. The zero-order chi connectivity index (χ0) is 16.8. The van der Waals surface area contributed by atoms with Crippen LogP contribution >= 0.6 is 0 Å². The quantitative estimate of drug-likeness (QED) is 0.646. The van der Waals surface area contributed by atoms with Gasteiger partial charge in [-0.15, -0.1) is 20.4 Å². The Balaban J connectivity index is 1.51. The molecular formula is C14H18N8O2. The number of carbonyl (C=O) groups is 1. The maximum atomic E-state index is 12.0. The highest BCUT2D eigenvalue weighted by molar-refractivity contribution is 5.92. The first kappa shape index (κ1) is 15.9. The Morgan fingerprint density at radius 2 is 2.17 bits per heavy atom. The number of aromatic nitrogens is 6. The molecule has 0 saturated carbocycles. The number of nitrogens with zero attached hydrogens (tertiary/aromatic N) is 6. The molecule has 0 unspecified atom stereocenters. The fourth-order valence-electron chi connectivity index (χ4n) is 2.25. The van der Waals surface area contributed by atoms with Gasteiger partial charge < -0.3 is 19.9 Å². The van der Waals surface area contributed by atoms with Crippen LogP contribution in [0, 0.1) is 0 Å². The molecule has 10 heteroatoms. The SMILES string of the molecule is COCCn1cnnc1CCNC(=O)Nc1cccn2cnnc12. The van der Waals surface area contributed by atoms with E-state index in [1.165, 1.54) is 0 Å². The molecule has 0 atom stereocenters. The van der Waals surface area contributed by atoms with Gasteiger partial charge in [-0.05, 0) is 12.1 Å². The fourth-order valence-corrected chi connectivity index (χ4v) is 2.25. The van der Waals surface area contributed by atoms with E-state index in [1.807, 2.05) is 16.8 Å². The monoisotopic (exact) mass is 330 g/mol. The summed E-state index contributed by atoms with van der Waals surface area (Å²) < 4.78 is 8.67. The van der Waals surface area contributed by atoms with Gasteiger partial charge in [0.05, 0.1) is 12.3 Å². The van der Waals surface area contributed by atoms with Gasteiger partial charge in [0.2, 0.25) is 0 Å². The smallest absolute Gasteiger partial charge is 0.319 e. The maximum Gasteiger partial charge on any atom is 0.319 e. The van der Waals surface area contributed by atoms with Crippen LogP contribution in [0.3, 0.4) is 0 Å². The Morgan fingerprint density at radius 3 is 3.04 bits per heavy atom. The van der Waals surface area contributed by atoms with Gasteiger partial charge >= 0.3 is 6.03 Å². The van der Waals surface area contributed by atoms with E-state index in [-0.39, 0.29) is 6.03 Å². The summed E-state index contributed by atoms with van der Waals surface area (Å²) in [4.78, 5) is 12.0. The molecule has 2 N–H and O–H groups in total. The molecule has 0 aliphatic carbocycles. The van der Waals surface area contributed by atoms with Gasteiger partial charge in [-0.2, -0.15) is 0 Å². The average Bonchev–Trinajstić information content (AvgIpc) is 3.22. The molecule has 3 aromatic heterocycles. The number of anilines is 1. The number of hydrogen-bond donors (Lipinski definition) is 2. The normalized spacial score (nSPS) is 10.9. The molecule has 0 bridgehead atoms. The second-order valence-corrected chi connectivity index (χ2v) is 5.05. The van der Waals surface area contributed by atoms with Crippen molar-refractivity contribution >= 4 is 17.4 Å². The third-order valence-electron chi connectivity index (χ3n) is 3.44. The van der Waals surface area contributed by atoms with E-state index >= 15 is 0 Å². The second kappa shape index (κ2) is 7.51. The summed E-state index contributed by atoms with van der Waals surface area (Å²) in [6.07, 6.45) is 5.61. The molecule has 0 fully saturated rings. The summed E-state index contributed by atoms with van der Waals surface area (Å²) in [6, 6.07) is 3.27. The Morgan fingerprint density at radius 1 is 1.29 bits per heavy atom. The lowest BCUT2D eigenvalue weighted by atomic mass is 10.4. The molecular weight excluding hydrogens is 312 g/mol.